The van der Waals surface area contributed by atoms with Crippen molar-refractivity contribution in [2.75, 3.05) is 0 Å². The minimum absolute atomic E-state index is 0.262. The number of carbonyl (C=O) groups is 2. The lowest BCUT2D eigenvalue weighted by molar-refractivity contribution is -0.145. The maximum atomic E-state index is 12.3. The molecule has 7 heteroatoms. The van der Waals surface area contributed by atoms with Crippen LogP contribution >= 0.6 is 11.3 Å². The molecule has 1 amide bonds. The van der Waals surface area contributed by atoms with Crippen LogP contribution in [0.4, 0.5) is 0 Å². The van der Waals surface area contributed by atoms with Gasteiger partial charge in [0.15, 0.2) is 5.76 Å². The number of aliphatic carboxylic acids is 1. The molecular weight excluding hydrogens is 304 g/mol. The van der Waals surface area contributed by atoms with Gasteiger partial charge in [0.25, 0.3) is 5.91 Å². The van der Waals surface area contributed by atoms with Gasteiger partial charge >= 0.3 is 5.97 Å². The van der Waals surface area contributed by atoms with Crippen molar-refractivity contribution in [1.82, 2.24) is 10.3 Å². The van der Waals surface area contributed by atoms with Crippen LogP contribution in [0.1, 0.15) is 36.1 Å². The van der Waals surface area contributed by atoms with E-state index in [9.17, 15) is 14.7 Å². The van der Waals surface area contributed by atoms with Gasteiger partial charge in [-0.1, -0.05) is 13.8 Å². The molecule has 0 spiro atoms. The minimum Gasteiger partial charge on any atom is -0.480 e. The Kier molecular flexibility index (Phi) is 4.37. The third-order valence-electron chi connectivity index (χ3n) is 3.71. The molecule has 2 aromatic heterocycles. The summed E-state index contributed by atoms with van der Waals surface area (Å²) in [6.45, 7) is 6.86. The first-order valence-electron chi connectivity index (χ1n) is 6.81. The number of nitrogens with zero attached hydrogens (tertiary/aromatic N) is 1. The molecule has 0 fully saturated rings. The highest BCUT2D eigenvalue weighted by Gasteiger charge is 2.38. The van der Waals surface area contributed by atoms with Crippen molar-refractivity contribution in [2.45, 2.75) is 33.2 Å². The molecule has 2 aromatic rings. The number of aromatic nitrogens is 1. The van der Waals surface area contributed by atoms with Crippen LogP contribution in [0.15, 0.2) is 22.1 Å². The Morgan fingerprint density at radius 2 is 2.14 bits per heavy atom. The lowest BCUT2D eigenvalue weighted by atomic mass is 9.88. The van der Waals surface area contributed by atoms with Gasteiger partial charge in [-0.05, 0) is 25.8 Å². The first kappa shape index (κ1) is 16.2. The van der Waals surface area contributed by atoms with E-state index >= 15 is 0 Å². The molecule has 0 saturated carbocycles. The largest absolute Gasteiger partial charge is 0.480 e. The Labute approximate surface area is 132 Å². The number of hydrogen-bond acceptors (Lipinski definition) is 5. The van der Waals surface area contributed by atoms with E-state index in [-0.39, 0.29) is 11.5 Å². The van der Waals surface area contributed by atoms with E-state index in [0.29, 0.717) is 11.5 Å². The van der Waals surface area contributed by atoms with Crippen molar-refractivity contribution in [3.05, 3.63) is 28.3 Å². The number of carboxylic acid groups (broad SMARTS) is 1. The van der Waals surface area contributed by atoms with Crippen molar-refractivity contribution in [3.63, 3.8) is 0 Å². The number of furan rings is 1. The van der Waals surface area contributed by atoms with E-state index < -0.39 is 17.4 Å². The van der Waals surface area contributed by atoms with E-state index in [0.717, 1.165) is 5.01 Å². The van der Waals surface area contributed by atoms with Gasteiger partial charge in [0.1, 0.15) is 17.5 Å². The van der Waals surface area contributed by atoms with Gasteiger partial charge in [0.2, 0.25) is 0 Å². The highest BCUT2D eigenvalue weighted by Crippen LogP contribution is 2.24. The zero-order chi connectivity index (χ0) is 16.5. The molecule has 1 atom stereocenters. The quantitative estimate of drug-likeness (QED) is 0.883. The normalized spacial score (nSPS) is 13.9. The summed E-state index contributed by atoms with van der Waals surface area (Å²) in [4.78, 5) is 28.0. The molecule has 22 heavy (non-hydrogen) atoms. The van der Waals surface area contributed by atoms with Gasteiger partial charge in [0, 0.05) is 5.38 Å². The highest BCUT2D eigenvalue weighted by atomic mass is 32.1. The second-order valence-electron chi connectivity index (χ2n) is 5.57. The minimum atomic E-state index is -1.34. The van der Waals surface area contributed by atoms with Crippen LogP contribution < -0.4 is 5.32 Å². The van der Waals surface area contributed by atoms with E-state index in [2.05, 4.69) is 10.3 Å². The molecule has 0 aromatic carbocycles. The summed E-state index contributed by atoms with van der Waals surface area (Å²) in [5, 5.41) is 14.6. The summed E-state index contributed by atoms with van der Waals surface area (Å²) in [6, 6.07) is 1.56. The molecule has 0 bridgehead atoms. The molecule has 0 aliphatic carbocycles. The van der Waals surface area contributed by atoms with Gasteiger partial charge in [-0.3, -0.25) is 4.79 Å². The van der Waals surface area contributed by atoms with Gasteiger partial charge in [-0.2, -0.15) is 0 Å². The van der Waals surface area contributed by atoms with Crippen LogP contribution in [0, 0.1) is 12.8 Å². The molecule has 118 valence electrons. The summed E-state index contributed by atoms with van der Waals surface area (Å²) < 4.78 is 5.36. The molecule has 2 rings (SSSR count). The second kappa shape index (κ2) is 5.92. The average Bonchev–Trinajstić information content (AvgIpc) is 3.06. The first-order valence-corrected chi connectivity index (χ1v) is 7.69. The standard InChI is InChI=1S/C15H18N2O4S/c1-8(2)15(4,14(19)20)17-13(18)10-5-12(21-6-10)11-7-22-9(3)16-11/h5-8H,1-4H3,(H,17,18)(H,19,20)/t15-/m1/s1. The van der Waals surface area contributed by atoms with Crippen molar-refractivity contribution in [3.8, 4) is 11.5 Å². The van der Waals surface area contributed by atoms with Crippen molar-refractivity contribution >= 4 is 23.2 Å². The van der Waals surface area contributed by atoms with Crippen LogP contribution in [-0.2, 0) is 4.79 Å². The predicted octanol–water partition coefficient (Wildman–Crippen LogP) is 2.94. The fourth-order valence-electron chi connectivity index (χ4n) is 1.82. The summed E-state index contributed by atoms with van der Waals surface area (Å²) in [5.41, 5.74) is -0.411. The van der Waals surface area contributed by atoms with Gasteiger partial charge in [0.05, 0.1) is 10.6 Å². The molecule has 2 N–H and O–H groups in total. The monoisotopic (exact) mass is 322 g/mol. The van der Waals surface area contributed by atoms with Crippen LogP contribution in [-0.4, -0.2) is 27.5 Å². The second-order valence-corrected chi connectivity index (χ2v) is 6.63. The first-order chi connectivity index (χ1) is 10.2. The summed E-state index contributed by atoms with van der Waals surface area (Å²) >= 11 is 1.49. The fraction of sp³-hybridized carbons (Fsp3) is 0.400. The lowest BCUT2D eigenvalue weighted by Gasteiger charge is -2.29. The van der Waals surface area contributed by atoms with Crippen LogP contribution in [0.3, 0.4) is 0 Å². The van der Waals surface area contributed by atoms with Crippen LogP contribution in [0.25, 0.3) is 11.5 Å². The summed E-state index contributed by atoms with van der Waals surface area (Å²) in [6.07, 6.45) is 1.31. The van der Waals surface area contributed by atoms with Crippen LogP contribution in [0.5, 0.6) is 0 Å². The maximum absolute atomic E-state index is 12.3. The number of aryl methyl sites for hydroxylation is 1. The van der Waals surface area contributed by atoms with Gasteiger partial charge in [-0.25, -0.2) is 9.78 Å². The topological polar surface area (TPSA) is 92.4 Å². The molecule has 0 aliphatic heterocycles. The molecule has 6 nitrogen and oxygen atoms in total. The predicted molar refractivity (Wildman–Crippen MR) is 82.9 cm³/mol. The third-order valence-corrected chi connectivity index (χ3v) is 4.48. The van der Waals surface area contributed by atoms with E-state index in [1.807, 2.05) is 12.3 Å². The maximum Gasteiger partial charge on any atom is 0.329 e. The smallest absolute Gasteiger partial charge is 0.329 e. The average molecular weight is 322 g/mol. The number of thiazole rings is 1. The number of carbonyl (C=O) groups excluding carboxylic acids is 1. The zero-order valence-electron chi connectivity index (χ0n) is 12.8. The van der Waals surface area contributed by atoms with Crippen molar-refractivity contribution < 1.29 is 19.1 Å². The Bertz CT molecular complexity index is 704. The number of rotatable bonds is 5. The Morgan fingerprint density at radius 1 is 1.45 bits per heavy atom. The van der Waals surface area contributed by atoms with Crippen molar-refractivity contribution in [2.24, 2.45) is 5.92 Å². The Balaban J connectivity index is 2.20. The molecule has 0 aliphatic rings. The highest BCUT2D eigenvalue weighted by molar-refractivity contribution is 7.09. The lowest BCUT2D eigenvalue weighted by Crippen LogP contribution is -2.55. The summed E-state index contributed by atoms with van der Waals surface area (Å²) in [5.74, 6) is -1.34. The Morgan fingerprint density at radius 3 is 2.64 bits per heavy atom. The van der Waals surface area contributed by atoms with E-state index in [1.165, 1.54) is 24.5 Å². The molecule has 2 heterocycles. The molecule has 0 radical (unpaired) electrons. The van der Waals surface area contributed by atoms with Gasteiger partial charge < -0.3 is 14.8 Å². The zero-order valence-corrected chi connectivity index (χ0v) is 13.7. The van der Waals surface area contributed by atoms with E-state index in [1.54, 1.807) is 19.9 Å². The van der Waals surface area contributed by atoms with E-state index in [4.69, 9.17) is 4.42 Å². The Hall–Kier alpha value is -2.15. The van der Waals surface area contributed by atoms with Crippen LogP contribution in [0.2, 0.25) is 0 Å². The number of nitrogens with one attached hydrogen (secondary N) is 1. The molecular formula is C15H18N2O4S. The summed E-state index contributed by atoms with van der Waals surface area (Å²) in [7, 11) is 0. The van der Waals surface area contributed by atoms with Gasteiger partial charge in [-0.15, -0.1) is 11.3 Å². The SMILES string of the molecule is Cc1nc(-c2cc(C(=O)N[C@@](C)(C(=O)O)C(C)C)co2)cs1. The molecule has 0 unspecified atom stereocenters. The number of amides is 1. The number of hydrogen-bond donors (Lipinski definition) is 2. The third kappa shape index (κ3) is 3.04. The fourth-order valence-corrected chi connectivity index (χ4v) is 2.42. The molecule has 0 saturated heterocycles. The van der Waals surface area contributed by atoms with Crippen molar-refractivity contribution in [1.29, 1.82) is 0 Å². The number of carboxylic acids is 1.